The Hall–Kier alpha value is -3.45. The molecule has 0 fully saturated rings. The van der Waals surface area contributed by atoms with E-state index in [9.17, 15) is 4.79 Å². The Morgan fingerprint density at radius 3 is 1.41 bits per heavy atom. The molecule has 0 heterocycles. The van der Waals surface area contributed by atoms with E-state index in [2.05, 4.69) is 113 Å². The Bertz CT molecular complexity index is 1250. The van der Waals surface area contributed by atoms with Gasteiger partial charge in [0.15, 0.2) is 5.78 Å². The zero-order valence-corrected chi connectivity index (χ0v) is 20.7. The minimum Gasteiger partial charge on any atom is -0.290 e. The molecule has 0 aliphatic carbocycles. The second kappa shape index (κ2) is 9.81. The van der Waals surface area contributed by atoms with E-state index >= 15 is 0 Å². The molecule has 0 aromatic heterocycles. The van der Waals surface area contributed by atoms with Crippen molar-refractivity contribution in [3.63, 3.8) is 0 Å². The maximum atomic E-state index is 12.5. The number of hydrogen-bond donors (Lipinski definition) is 0. The van der Waals surface area contributed by atoms with Gasteiger partial charge in [-0.3, -0.25) is 4.79 Å². The number of rotatable bonds is 8. The molecule has 0 atom stereocenters. The van der Waals surface area contributed by atoms with E-state index in [0.717, 1.165) is 12.8 Å². The molecule has 0 spiro atoms. The van der Waals surface area contributed by atoms with Crippen LogP contribution in [0.1, 0.15) is 51.7 Å². The second-order valence-electron chi connectivity index (χ2n) is 10.4. The molecule has 0 N–H and O–H groups in total. The smallest absolute Gasteiger partial charge is 0.178 e. The number of fused-ring (bicyclic) bond motifs is 2. The summed E-state index contributed by atoms with van der Waals surface area (Å²) in [5.74, 6) is 0.0439. The third-order valence-corrected chi connectivity index (χ3v) is 6.86. The molecule has 172 valence electrons. The predicted octanol–water partition coefficient (Wildman–Crippen LogP) is 8.71. The first-order chi connectivity index (χ1) is 16.3. The Kier molecular flexibility index (Phi) is 6.84. The third kappa shape index (κ3) is 5.20. The van der Waals surface area contributed by atoms with Gasteiger partial charge < -0.3 is 0 Å². The van der Waals surface area contributed by atoms with Crippen molar-refractivity contribution in [1.82, 2.24) is 0 Å². The third-order valence-electron chi connectivity index (χ3n) is 6.86. The lowest BCUT2D eigenvalue weighted by molar-refractivity contribution is -0.110. The van der Waals surface area contributed by atoms with E-state index in [4.69, 9.17) is 0 Å². The Balaban J connectivity index is 1.41. The molecule has 0 bridgehead atoms. The maximum absolute atomic E-state index is 12.5. The van der Waals surface area contributed by atoms with Crippen molar-refractivity contribution in [2.75, 3.05) is 0 Å². The van der Waals surface area contributed by atoms with E-state index in [1.807, 2.05) is 12.2 Å². The predicted molar refractivity (Wildman–Crippen MR) is 146 cm³/mol. The van der Waals surface area contributed by atoms with Gasteiger partial charge in [-0.25, -0.2) is 0 Å². The van der Waals surface area contributed by atoms with Crippen LogP contribution < -0.4 is 0 Å². The Morgan fingerprint density at radius 1 is 0.588 bits per heavy atom. The summed E-state index contributed by atoms with van der Waals surface area (Å²) >= 11 is 0. The van der Waals surface area contributed by atoms with Gasteiger partial charge in [0.25, 0.3) is 0 Å². The van der Waals surface area contributed by atoms with Gasteiger partial charge in [0.1, 0.15) is 0 Å². The summed E-state index contributed by atoms with van der Waals surface area (Å²) in [6, 6.07) is 29.9. The van der Waals surface area contributed by atoms with E-state index in [-0.39, 0.29) is 16.6 Å². The van der Waals surface area contributed by atoms with Crippen LogP contribution in [0.15, 0.2) is 109 Å². The van der Waals surface area contributed by atoms with Gasteiger partial charge in [0, 0.05) is 0 Å². The first-order valence-corrected chi connectivity index (χ1v) is 12.1. The molecule has 0 saturated heterocycles. The molecule has 4 aromatic rings. The van der Waals surface area contributed by atoms with Crippen LogP contribution in [0.4, 0.5) is 0 Å². The number of carbonyl (C=O) groups excluding carboxylic acids is 1. The van der Waals surface area contributed by atoms with Crippen LogP contribution in [-0.2, 0) is 15.6 Å². The van der Waals surface area contributed by atoms with Crippen molar-refractivity contribution in [3.8, 4) is 0 Å². The largest absolute Gasteiger partial charge is 0.290 e. The molecule has 34 heavy (non-hydrogen) atoms. The molecule has 0 aliphatic heterocycles. The van der Waals surface area contributed by atoms with Crippen molar-refractivity contribution >= 4 is 27.3 Å². The average molecular weight is 447 g/mol. The molecule has 0 amide bonds. The van der Waals surface area contributed by atoms with Gasteiger partial charge in [-0.05, 0) is 68.5 Å². The summed E-state index contributed by atoms with van der Waals surface area (Å²) in [4.78, 5) is 12.5. The Morgan fingerprint density at radius 2 is 0.971 bits per heavy atom. The van der Waals surface area contributed by atoms with Gasteiger partial charge >= 0.3 is 0 Å². The number of hydrogen-bond acceptors (Lipinski definition) is 1. The molecule has 0 saturated carbocycles. The second-order valence-corrected chi connectivity index (χ2v) is 10.4. The van der Waals surface area contributed by atoms with Crippen LogP contribution in [0.25, 0.3) is 21.5 Å². The normalized spacial score (nSPS) is 12.8. The highest BCUT2D eigenvalue weighted by molar-refractivity contribution is 5.99. The molecule has 0 radical (unpaired) electrons. The van der Waals surface area contributed by atoms with Gasteiger partial charge in [-0.2, -0.15) is 0 Å². The fourth-order valence-corrected chi connectivity index (χ4v) is 4.85. The van der Waals surface area contributed by atoms with Gasteiger partial charge in [-0.1, -0.05) is 125 Å². The van der Waals surface area contributed by atoms with E-state index in [1.54, 1.807) is 12.2 Å². The van der Waals surface area contributed by atoms with Crippen molar-refractivity contribution in [2.45, 2.75) is 51.4 Å². The summed E-state index contributed by atoms with van der Waals surface area (Å²) in [6.45, 7) is 8.97. The highest BCUT2D eigenvalue weighted by Gasteiger charge is 2.22. The SMILES string of the molecule is CC(C)(CC=CC(=O)C=CCC(C)(C)c1cccc2ccccc12)c1cccc2ccccc12. The number of allylic oxidation sites excluding steroid dienone is 4. The van der Waals surface area contributed by atoms with Crippen LogP contribution in [0, 0.1) is 0 Å². The van der Waals surface area contributed by atoms with Gasteiger partial charge in [0.2, 0.25) is 0 Å². The maximum Gasteiger partial charge on any atom is 0.178 e. The highest BCUT2D eigenvalue weighted by Crippen LogP contribution is 2.34. The molecular formula is C33H34O. The van der Waals surface area contributed by atoms with Crippen molar-refractivity contribution in [1.29, 1.82) is 0 Å². The van der Waals surface area contributed by atoms with Gasteiger partial charge in [0.05, 0.1) is 0 Å². The average Bonchev–Trinajstić information content (AvgIpc) is 2.83. The number of benzene rings is 4. The monoisotopic (exact) mass is 446 g/mol. The van der Waals surface area contributed by atoms with Crippen LogP contribution in [0.2, 0.25) is 0 Å². The summed E-state index contributed by atoms with van der Waals surface area (Å²) < 4.78 is 0. The quantitative estimate of drug-likeness (QED) is 0.247. The molecule has 1 nitrogen and oxygen atoms in total. The zero-order valence-electron chi connectivity index (χ0n) is 20.7. The zero-order chi connectivity index (χ0) is 24.2. The summed E-state index contributed by atoms with van der Waals surface area (Å²) in [6.07, 6.45) is 9.08. The highest BCUT2D eigenvalue weighted by atomic mass is 16.1. The van der Waals surface area contributed by atoms with Crippen LogP contribution in [-0.4, -0.2) is 5.78 Å². The fourth-order valence-electron chi connectivity index (χ4n) is 4.85. The minimum absolute atomic E-state index is 0.0439. The first-order valence-electron chi connectivity index (χ1n) is 12.1. The summed E-state index contributed by atoms with van der Waals surface area (Å²) in [5.41, 5.74) is 2.51. The minimum atomic E-state index is -0.0578. The van der Waals surface area contributed by atoms with E-state index in [1.165, 1.54) is 32.7 Å². The van der Waals surface area contributed by atoms with Gasteiger partial charge in [-0.15, -0.1) is 0 Å². The van der Waals surface area contributed by atoms with Crippen molar-refractivity contribution in [3.05, 3.63) is 120 Å². The lowest BCUT2D eigenvalue weighted by Gasteiger charge is -2.25. The summed E-state index contributed by atoms with van der Waals surface area (Å²) in [7, 11) is 0. The fraction of sp³-hybridized carbons (Fsp3) is 0.242. The standard InChI is InChI=1S/C33H34O/c1-32(2,30-21-9-15-25-13-5-7-19-28(25)30)23-11-17-27(34)18-12-24-33(3,4)31-22-10-16-26-14-6-8-20-29(26)31/h5-22H,23-24H2,1-4H3. The molecule has 0 aliphatic rings. The first kappa shape index (κ1) is 23.7. The number of carbonyl (C=O) groups is 1. The molecule has 0 unspecified atom stereocenters. The van der Waals surface area contributed by atoms with Crippen LogP contribution in [0.3, 0.4) is 0 Å². The van der Waals surface area contributed by atoms with Crippen LogP contribution in [0.5, 0.6) is 0 Å². The Labute approximate surface area is 203 Å². The lowest BCUT2D eigenvalue weighted by Crippen LogP contribution is -2.16. The molecule has 1 heteroatoms. The van der Waals surface area contributed by atoms with Crippen molar-refractivity contribution in [2.24, 2.45) is 0 Å². The lowest BCUT2D eigenvalue weighted by atomic mass is 9.79. The molecular weight excluding hydrogens is 412 g/mol. The molecule has 4 aromatic carbocycles. The van der Waals surface area contributed by atoms with E-state index < -0.39 is 0 Å². The van der Waals surface area contributed by atoms with Crippen LogP contribution >= 0.6 is 0 Å². The van der Waals surface area contributed by atoms with E-state index in [0.29, 0.717) is 0 Å². The van der Waals surface area contributed by atoms with Crippen molar-refractivity contribution < 1.29 is 4.79 Å². The number of ketones is 1. The summed E-state index contributed by atoms with van der Waals surface area (Å²) in [5, 5.41) is 5.07. The molecule has 4 rings (SSSR count). The topological polar surface area (TPSA) is 17.1 Å².